The largest absolute Gasteiger partial charge is 0.501 e. The molecule has 0 saturated heterocycles. The zero-order valence-corrected chi connectivity index (χ0v) is 13.8. The van der Waals surface area contributed by atoms with Crippen LogP contribution in [0.2, 0.25) is 0 Å². The van der Waals surface area contributed by atoms with Gasteiger partial charge in [-0.3, -0.25) is 4.79 Å². The molecule has 1 atom stereocenters. The van der Waals surface area contributed by atoms with Crippen LogP contribution >= 0.6 is 0 Å². The molecule has 0 aromatic carbocycles. The van der Waals surface area contributed by atoms with Crippen LogP contribution in [-0.4, -0.2) is 31.0 Å². The highest BCUT2D eigenvalue weighted by Crippen LogP contribution is 2.27. The van der Waals surface area contributed by atoms with Crippen LogP contribution in [0.3, 0.4) is 0 Å². The third kappa shape index (κ3) is 4.76. The summed E-state index contributed by atoms with van der Waals surface area (Å²) in [7, 11) is 3.76. The molecule has 3 nitrogen and oxygen atoms in total. The van der Waals surface area contributed by atoms with Crippen molar-refractivity contribution < 1.29 is 9.53 Å². The second-order valence-electron chi connectivity index (χ2n) is 6.64. The SMILES string of the molecule is COC1=CCCC(C(=O)N(C)C2CCCCCCC2)CC1. The van der Waals surface area contributed by atoms with Crippen molar-refractivity contribution in [3.8, 4) is 0 Å². The summed E-state index contributed by atoms with van der Waals surface area (Å²) in [4.78, 5) is 14.9. The maximum Gasteiger partial charge on any atom is 0.225 e. The monoisotopic (exact) mass is 293 g/mol. The van der Waals surface area contributed by atoms with Crippen LogP contribution in [0.5, 0.6) is 0 Å². The lowest BCUT2D eigenvalue weighted by atomic mass is 9.93. The number of allylic oxidation sites excluding steroid dienone is 2. The molecule has 0 aromatic heterocycles. The van der Waals surface area contributed by atoms with Crippen LogP contribution in [-0.2, 0) is 9.53 Å². The van der Waals surface area contributed by atoms with Crippen molar-refractivity contribution in [1.29, 1.82) is 0 Å². The fourth-order valence-electron chi connectivity index (χ4n) is 3.73. The number of rotatable bonds is 3. The van der Waals surface area contributed by atoms with E-state index >= 15 is 0 Å². The van der Waals surface area contributed by atoms with E-state index in [1.807, 2.05) is 7.05 Å². The summed E-state index contributed by atoms with van der Waals surface area (Å²) < 4.78 is 5.34. The third-order valence-electron chi connectivity index (χ3n) is 5.21. The van der Waals surface area contributed by atoms with Crippen LogP contribution in [0.15, 0.2) is 11.8 Å². The summed E-state index contributed by atoms with van der Waals surface area (Å²) in [5.41, 5.74) is 0. The second-order valence-corrected chi connectivity index (χ2v) is 6.64. The summed E-state index contributed by atoms with van der Waals surface area (Å²) in [5, 5.41) is 0. The minimum absolute atomic E-state index is 0.185. The molecule has 1 fully saturated rings. The molecular weight excluding hydrogens is 262 g/mol. The van der Waals surface area contributed by atoms with Gasteiger partial charge in [0.05, 0.1) is 12.9 Å². The lowest BCUT2D eigenvalue weighted by molar-refractivity contribution is -0.137. The quantitative estimate of drug-likeness (QED) is 0.777. The molecule has 21 heavy (non-hydrogen) atoms. The first-order valence-electron chi connectivity index (χ1n) is 8.72. The Hall–Kier alpha value is -0.990. The summed E-state index contributed by atoms with van der Waals surface area (Å²) in [6.45, 7) is 0. The number of hydrogen-bond acceptors (Lipinski definition) is 2. The first-order valence-corrected chi connectivity index (χ1v) is 8.72. The van der Waals surface area contributed by atoms with Crippen LogP contribution < -0.4 is 0 Å². The molecule has 0 aromatic rings. The molecule has 3 heteroatoms. The minimum Gasteiger partial charge on any atom is -0.501 e. The number of carbonyl (C=O) groups excluding carboxylic acids is 1. The van der Waals surface area contributed by atoms with Gasteiger partial charge in [0.25, 0.3) is 0 Å². The van der Waals surface area contributed by atoms with Crippen molar-refractivity contribution >= 4 is 5.91 Å². The zero-order chi connectivity index (χ0) is 15.1. The summed E-state index contributed by atoms with van der Waals surface area (Å²) in [6, 6.07) is 0.468. The van der Waals surface area contributed by atoms with Gasteiger partial charge in [0.1, 0.15) is 0 Å². The smallest absolute Gasteiger partial charge is 0.225 e. The number of hydrogen-bond donors (Lipinski definition) is 0. The molecule has 120 valence electrons. The van der Waals surface area contributed by atoms with Gasteiger partial charge >= 0.3 is 0 Å². The van der Waals surface area contributed by atoms with Gasteiger partial charge < -0.3 is 9.64 Å². The van der Waals surface area contributed by atoms with Crippen molar-refractivity contribution in [1.82, 2.24) is 4.90 Å². The van der Waals surface area contributed by atoms with Gasteiger partial charge in [-0.2, -0.15) is 0 Å². The Morgan fingerprint density at radius 3 is 2.43 bits per heavy atom. The third-order valence-corrected chi connectivity index (χ3v) is 5.21. The standard InChI is InChI=1S/C18H31NO2/c1-19(16-10-6-4-3-5-7-11-16)18(20)15-9-8-12-17(21-2)14-13-15/h12,15-16H,3-11,13-14H2,1-2H3. The average Bonchev–Trinajstić information content (AvgIpc) is 2.71. The van der Waals surface area contributed by atoms with Gasteiger partial charge in [0.2, 0.25) is 5.91 Å². The number of amides is 1. The van der Waals surface area contributed by atoms with Crippen LogP contribution in [0.25, 0.3) is 0 Å². The highest BCUT2D eigenvalue weighted by atomic mass is 16.5. The Bertz CT molecular complexity index is 356. The van der Waals surface area contributed by atoms with Gasteiger partial charge in [-0.05, 0) is 38.2 Å². The Morgan fingerprint density at radius 1 is 1.10 bits per heavy atom. The molecule has 1 saturated carbocycles. The summed E-state index contributed by atoms with van der Waals surface area (Å²) >= 11 is 0. The second kappa shape index (κ2) is 8.45. The number of nitrogens with zero attached hydrogens (tertiary/aromatic N) is 1. The number of carbonyl (C=O) groups is 1. The fraction of sp³-hybridized carbons (Fsp3) is 0.833. The molecule has 1 unspecified atom stereocenters. The summed E-state index contributed by atoms with van der Waals surface area (Å²) in [5.74, 6) is 1.61. The van der Waals surface area contributed by atoms with Crippen molar-refractivity contribution in [3.05, 3.63) is 11.8 Å². The average molecular weight is 293 g/mol. The molecule has 1 amide bonds. The maximum atomic E-state index is 12.8. The highest BCUT2D eigenvalue weighted by molar-refractivity contribution is 5.79. The van der Waals surface area contributed by atoms with Crippen molar-refractivity contribution in [2.75, 3.05) is 14.2 Å². The van der Waals surface area contributed by atoms with E-state index in [2.05, 4.69) is 11.0 Å². The molecule has 2 rings (SSSR count). The Labute approximate surface area is 129 Å². The predicted octanol–water partition coefficient (Wildman–Crippen LogP) is 4.28. The van der Waals surface area contributed by atoms with Gasteiger partial charge in [-0.25, -0.2) is 0 Å². The van der Waals surface area contributed by atoms with Gasteiger partial charge in [0.15, 0.2) is 0 Å². The van der Waals surface area contributed by atoms with E-state index in [9.17, 15) is 4.79 Å². The van der Waals surface area contributed by atoms with Gasteiger partial charge in [-0.1, -0.05) is 32.1 Å². The molecule has 0 radical (unpaired) electrons. The molecule has 2 aliphatic carbocycles. The van der Waals surface area contributed by atoms with E-state index in [0.29, 0.717) is 11.9 Å². The molecule has 0 N–H and O–H groups in total. The van der Waals surface area contributed by atoms with Crippen molar-refractivity contribution in [2.45, 2.75) is 76.7 Å². The zero-order valence-electron chi connectivity index (χ0n) is 13.8. The van der Waals surface area contributed by atoms with Crippen LogP contribution in [0.1, 0.15) is 70.6 Å². The van der Waals surface area contributed by atoms with Crippen LogP contribution in [0, 0.1) is 5.92 Å². The van der Waals surface area contributed by atoms with Crippen molar-refractivity contribution in [3.63, 3.8) is 0 Å². The summed E-state index contributed by atoms with van der Waals surface area (Å²) in [6.07, 6.45) is 14.9. The topological polar surface area (TPSA) is 29.5 Å². The van der Waals surface area contributed by atoms with E-state index in [4.69, 9.17) is 4.74 Å². The lowest BCUT2D eigenvalue weighted by Gasteiger charge is -2.32. The van der Waals surface area contributed by atoms with E-state index in [-0.39, 0.29) is 5.92 Å². The lowest BCUT2D eigenvalue weighted by Crippen LogP contribution is -2.41. The first-order chi connectivity index (χ1) is 10.2. The van der Waals surface area contributed by atoms with E-state index in [1.165, 1.54) is 44.9 Å². The first kappa shape index (κ1) is 16.4. The Balaban J connectivity index is 1.89. The van der Waals surface area contributed by atoms with E-state index in [1.54, 1.807) is 7.11 Å². The molecule has 0 bridgehead atoms. The molecular formula is C18H31NO2. The Kier molecular flexibility index (Phi) is 6.59. The maximum absolute atomic E-state index is 12.8. The molecule has 0 heterocycles. The van der Waals surface area contributed by atoms with E-state index in [0.717, 1.165) is 31.4 Å². The Morgan fingerprint density at radius 2 is 1.76 bits per heavy atom. The highest BCUT2D eigenvalue weighted by Gasteiger charge is 2.27. The number of methoxy groups -OCH3 is 1. The van der Waals surface area contributed by atoms with Gasteiger partial charge in [0, 0.05) is 25.4 Å². The van der Waals surface area contributed by atoms with Gasteiger partial charge in [-0.15, -0.1) is 0 Å². The van der Waals surface area contributed by atoms with Crippen molar-refractivity contribution in [2.24, 2.45) is 5.92 Å². The molecule has 0 spiro atoms. The predicted molar refractivity (Wildman–Crippen MR) is 85.9 cm³/mol. The molecule has 0 aliphatic heterocycles. The normalized spacial score (nSPS) is 25.2. The van der Waals surface area contributed by atoms with E-state index < -0.39 is 0 Å². The molecule has 2 aliphatic rings. The van der Waals surface area contributed by atoms with Crippen LogP contribution in [0.4, 0.5) is 0 Å². The fourth-order valence-corrected chi connectivity index (χ4v) is 3.73. The number of ether oxygens (including phenoxy) is 1. The minimum atomic E-state index is 0.185.